The van der Waals surface area contributed by atoms with Crippen LogP contribution in [0.2, 0.25) is 0 Å². The maximum atomic E-state index is 13.5. The van der Waals surface area contributed by atoms with Crippen LogP contribution in [-0.2, 0) is 4.79 Å². The summed E-state index contributed by atoms with van der Waals surface area (Å²) in [6.45, 7) is 8.13. The van der Waals surface area contributed by atoms with Crippen LogP contribution in [0.4, 0.5) is 4.79 Å². The first-order chi connectivity index (χ1) is 15.3. The molecule has 1 saturated carbocycles. The molecule has 0 spiro atoms. The zero-order chi connectivity index (χ0) is 22.7. The van der Waals surface area contributed by atoms with Gasteiger partial charge in [0.25, 0.3) is 0 Å². The van der Waals surface area contributed by atoms with E-state index in [1.54, 1.807) is 12.1 Å². The van der Waals surface area contributed by atoms with Gasteiger partial charge in [-0.2, -0.15) is 0 Å². The maximum Gasteiger partial charge on any atom is 0.412 e. The highest BCUT2D eigenvalue weighted by molar-refractivity contribution is 5.81. The quantitative estimate of drug-likeness (QED) is 0.711. The molecule has 170 valence electrons. The van der Waals surface area contributed by atoms with E-state index in [9.17, 15) is 9.59 Å². The van der Waals surface area contributed by atoms with Crippen molar-refractivity contribution in [2.75, 3.05) is 13.1 Å². The van der Waals surface area contributed by atoms with Crippen LogP contribution in [0.3, 0.4) is 0 Å². The fourth-order valence-corrected chi connectivity index (χ4v) is 5.40. The second kappa shape index (κ2) is 9.35. The number of aryl methyl sites for hydroxylation is 1. The Balaban J connectivity index is 1.38. The summed E-state index contributed by atoms with van der Waals surface area (Å²) in [5, 5.41) is 2.95. The van der Waals surface area contributed by atoms with Crippen molar-refractivity contribution in [1.82, 2.24) is 10.2 Å². The summed E-state index contributed by atoms with van der Waals surface area (Å²) in [5.74, 6) is 0.935. The van der Waals surface area contributed by atoms with Crippen molar-refractivity contribution >= 4 is 12.0 Å². The zero-order valence-corrected chi connectivity index (χ0v) is 19.3. The van der Waals surface area contributed by atoms with E-state index >= 15 is 0 Å². The summed E-state index contributed by atoms with van der Waals surface area (Å²) in [7, 11) is 0. The molecule has 2 aromatic carbocycles. The lowest BCUT2D eigenvalue weighted by Gasteiger charge is -2.45. The Morgan fingerprint density at radius 1 is 1.00 bits per heavy atom. The Labute approximate surface area is 191 Å². The second-order valence-corrected chi connectivity index (χ2v) is 9.99. The molecule has 1 heterocycles. The van der Waals surface area contributed by atoms with Crippen molar-refractivity contribution in [2.24, 2.45) is 11.3 Å². The molecule has 3 atom stereocenters. The van der Waals surface area contributed by atoms with E-state index in [2.05, 4.69) is 50.4 Å². The van der Waals surface area contributed by atoms with Crippen molar-refractivity contribution in [1.29, 1.82) is 0 Å². The molecule has 1 N–H and O–H groups in total. The number of amides is 2. The Morgan fingerprint density at radius 3 is 2.41 bits per heavy atom. The SMILES string of the molecule is Cc1ccc(C2CCN(C(=O)[C@H]3CCC[C@H]3NC(=O)Oc3ccccc3)CC2(C)C)cc1. The van der Waals surface area contributed by atoms with E-state index in [1.165, 1.54) is 11.1 Å². The monoisotopic (exact) mass is 434 g/mol. The van der Waals surface area contributed by atoms with Gasteiger partial charge in [-0.05, 0) is 55.2 Å². The number of hydrogen-bond donors (Lipinski definition) is 1. The Bertz CT molecular complexity index is 939. The Hall–Kier alpha value is -2.82. The number of benzene rings is 2. The number of para-hydroxylation sites is 1. The number of likely N-dealkylation sites (tertiary alicyclic amines) is 1. The molecule has 4 rings (SSSR count). The van der Waals surface area contributed by atoms with E-state index in [1.807, 2.05) is 23.1 Å². The van der Waals surface area contributed by atoms with Crippen LogP contribution in [0, 0.1) is 18.3 Å². The topological polar surface area (TPSA) is 58.6 Å². The van der Waals surface area contributed by atoms with Gasteiger partial charge in [0.2, 0.25) is 5.91 Å². The molecule has 1 aliphatic heterocycles. The van der Waals surface area contributed by atoms with Gasteiger partial charge < -0.3 is 15.0 Å². The molecule has 2 fully saturated rings. The molecule has 2 aromatic rings. The lowest BCUT2D eigenvalue weighted by Crippen LogP contribution is -2.52. The third-order valence-electron chi connectivity index (χ3n) is 7.11. The Morgan fingerprint density at radius 2 is 1.72 bits per heavy atom. The normalized spacial score (nSPS) is 24.7. The van der Waals surface area contributed by atoms with Crippen molar-refractivity contribution < 1.29 is 14.3 Å². The number of piperidine rings is 1. The van der Waals surface area contributed by atoms with Gasteiger partial charge in [-0.25, -0.2) is 4.79 Å². The van der Waals surface area contributed by atoms with Crippen LogP contribution < -0.4 is 10.1 Å². The van der Waals surface area contributed by atoms with Crippen molar-refractivity contribution in [3.05, 3.63) is 65.7 Å². The molecule has 0 radical (unpaired) electrons. The summed E-state index contributed by atoms with van der Waals surface area (Å²) in [6.07, 6.45) is 3.04. The highest BCUT2D eigenvalue weighted by Gasteiger charge is 2.42. The number of rotatable bonds is 4. The van der Waals surface area contributed by atoms with E-state index in [4.69, 9.17) is 4.74 Å². The molecule has 5 heteroatoms. The lowest BCUT2D eigenvalue weighted by atomic mass is 9.70. The summed E-state index contributed by atoms with van der Waals surface area (Å²) < 4.78 is 5.38. The number of nitrogens with one attached hydrogen (secondary N) is 1. The summed E-state index contributed by atoms with van der Waals surface area (Å²) in [6, 6.07) is 17.7. The number of nitrogens with zero attached hydrogens (tertiary/aromatic N) is 1. The average Bonchev–Trinajstić information content (AvgIpc) is 3.22. The predicted octanol–water partition coefficient (Wildman–Crippen LogP) is 5.29. The minimum Gasteiger partial charge on any atom is -0.410 e. The van der Waals surface area contributed by atoms with Crippen molar-refractivity contribution in [3.63, 3.8) is 0 Å². The van der Waals surface area contributed by atoms with E-state index in [-0.39, 0.29) is 23.3 Å². The second-order valence-electron chi connectivity index (χ2n) is 9.99. The van der Waals surface area contributed by atoms with Gasteiger partial charge in [0.1, 0.15) is 5.75 Å². The molecule has 2 amide bonds. The molecule has 32 heavy (non-hydrogen) atoms. The van der Waals surface area contributed by atoms with Crippen LogP contribution in [0.1, 0.15) is 56.6 Å². The van der Waals surface area contributed by atoms with Crippen molar-refractivity contribution in [2.45, 2.75) is 58.4 Å². The Kier molecular flexibility index (Phi) is 6.54. The van der Waals surface area contributed by atoms with E-state index in [0.29, 0.717) is 11.7 Å². The number of carbonyl (C=O) groups excluding carboxylic acids is 2. The van der Waals surface area contributed by atoms with Crippen LogP contribution in [-0.4, -0.2) is 36.0 Å². The first kappa shape index (κ1) is 22.4. The van der Waals surface area contributed by atoms with Gasteiger partial charge in [-0.3, -0.25) is 4.79 Å². The van der Waals surface area contributed by atoms with Gasteiger partial charge in [-0.1, -0.05) is 68.3 Å². The molecule has 0 bridgehead atoms. The smallest absolute Gasteiger partial charge is 0.410 e. The fourth-order valence-electron chi connectivity index (χ4n) is 5.40. The molecule has 1 aliphatic carbocycles. The molecule has 5 nitrogen and oxygen atoms in total. The summed E-state index contributed by atoms with van der Waals surface area (Å²) in [5.41, 5.74) is 2.62. The van der Waals surface area contributed by atoms with Crippen LogP contribution in [0.5, 0.6) is 5.75 Å². The van der Waals surface area contributed by atoms with Gasteiger partial charge >= 0.3 is 6.09 Å². The first-order valence-electron chi connectivity index (χ1n) is 11.7. The van der Waals surface area contributed by atoms with Gasteiger partial charge in [0, 0.05) is 19.1 Å². The van der Waals surface area contributed by atoms with Gasteiger partial charge in [0.05, 0.1) is 5.92 Å². The molecule has 1 unspecified atom stereocenters. The summed E-state index contributed by atoms with van der Waals surface area (Å²) in [4.78, 5) is 27.9. The van der Waals surface area contributed by atoms with E-state index in [0.717, 1.165) is 38.8 Å². The van der Waals surface area contributed by atoms with Crippen LogP contribution >= 0.6 is 0 Å². The largest absolute Gasteiger partial charge is 0.412 e. The van der Waals surface area contributed by atoms with Crippen LogP contribution in [0.15, 0.2) is 54.6 Å². The minimum absolute atomic E-state index is 0.00304. The fraction of sp³-hybridized carbons (Fsp3) is 0.481. The maximum absolute atomic E-state index is 13.5. The van der Waals surface area contributed by atoms with E-state index < -0.39 is 6.09 Å². The highest BCUT2D eigenvalue weighted by atomic mass is 16.6. The van der Waals surface area contributed by atoms with Crippen molar-refractivity contribution in [3.8, 4) is 5.75 Å². The molecule has 1 saturated heterocycles. The number of carbonyl (C=O) groups is 2. The third-order valence-corrected chi connectivity index (χ3v) is 7.11. The molecular weight excluding hydrogens is 400 g/mol. The van der Waals surface area contributed by atoms with Crippen LogP contribution in [0.25, 0.3) is 0 Å². The standard InChI is InChI=1S/C27H34N2O3/c1-19-12-14-20(15-13-19)23-16-17-29(18-27(23,2)3)25(30)22-10-7-11-24(22)28-26(31)32-21-8-5-4-6-9-21/h4-6,8-9,12-15,22-24H,7,10-11,16-18H2,1-3H3,(H,28,31)/t22-,23?,24+/m0/s1. The third kappa shape index (κ3) is 4.98. The highest BCUT2D eigenvalue weighted by Crippen LogP contribution is 2.43. The average molecular weight is 435 g/mol. The van der Waals surface area contributed by atoms with Gasteiger partial charge in [0.15, 0.2) is 0 Å². The molecular formula is C27H34N2O3. The predicted molar refractivity (Wildman–Crippen MR) is 126 cm³/mol. The molecule has 0 aromatic heterocycles. The number of hydrogen-bond acceptors (Lipinski definition) is 3. The number of ether oxygens (including phenoxy) is 1. The van der Waals surface area contributed by atoms with Gasteiger partial charge in [-0.15, -0.1) is 0 Å². The lowest BCUT2D eigenvalue weighted by molar-refractivity contribution is -0.139. The zero-order valence-electron chi connectivity index (χ0n) is 19.3. The minimum atomic E-state index is -0.487. The first-order valence-corrected chi connectivity index (χ1v) is 11.7. The summed E-state index contributed by atoms with van der Waals surface area (Å²) >= 11 is 0. The molecule has 2 aliphatic rings.